The van der Waals surface area contributed by atoms with Crippen LogP contribution in [0, 0.1) is 0 Å². The molecular weight excluding hydrogens is 306 g/mol. The first-order valence-corrected chi connectivity index (χ1v) is 8.13. The first-order valence-electron chi connectivity index (χ1n) is 6.65. The molecule has 22 heavy (non-hydrogen) atoms. The number of sulfonamides is 1. The van der Waals surface area contributed by atoms with Gasteiger partial charge in [0.15, 0.2) is 5.03 Å². The number of hydrogen-bond acceptors (Lipinski definition) is 5. The van der Waals surface area contributed by atoms with Crippen LogP contribution < -0.4 is 4.72 Å². The Balaban J connectivity index is 2.79. The minimum Gasteiger partial charge on any atom is -0.465 e. The summed E-state index contributed by atoms with van der Waals surface area (Å²) >= 11 is 0. The highest BCUT2D eigenvalue weighted by atomic mass is 32.2. The van der Waals surface area contributed by atoms with Crippen molar-refractivity contribution >= 4 is 26.9 Å². The molecule has 0 saturated heterocycles. The topological polar surface area (TPSA) is 90.3 Å². The molecule has 0 aliphatic carbocycles. The van der Waals surface area contributed by atoms with Crippen molar-refractivity contribution in [2.45, 2.75) is 31.3 Å². The lowest BCUT2D eigenvalue weighted by Gasteiger charge is -2.20. The van der Waals surface area contributed by atoms with Gasteiger partial charge in [-0.25, -0.2) is 17.9 Å². The molecule has 0 aliphatic heterocycles. The maximum atomic E-state index is 12.7. The van der Waals surface area contributed by atoms with Gasteiger partial charge < -0.3 is 4.74 Å². The van der Waals surface area contributed by atoms with Crippen molar-refractivity contribution in [2.75, 3.05) is 7.11 Å². The zero-order chi connectivity index (χ0) is 16.7. The van der Waals surface area contributed by atoms with Crippen molar-refractivity contribution in [3.05, 3.63) is 23.8 Å². The normalized spacial score (nSPS) is 12.6. The number of aryl methyl sites for hydroxylation is 1. The van der Waals surface area contributed by atoms with Gasteiger partial charge in [-0.1, -0.05) is 6.07 Å². The summed E-state index contributed by atoms with van der Waals surface area (Å²) < 4.78 is 33.9. The number of methoxy groups -OCH3 is 1. The second-order valence-corrected chi connectivity index (χ2v) is 7.57. The standard InChI is InChI=1S/C14H19N3O4S/c1-14(2,3)16-22(19,20)12-11-9(13(18)21-5)7-6-8-10(11)15-17(12)4/h6-8,16H,1-5H3. The van der Waals surface area contributed by atoms with E-state index in [2.05, 4.69) is 9.82 Å². The number of nitrogens with one attached hydrogen (secondary N) is 1. The average Bonchev–Trinajstić information content (AvgIpc) is 2.71. The molecule has 120 valence electrons. The zero-order valence-electron chi connectivity index (χ0n) is 13.2. The fourth-order valence-corrected chi connectivity index (χ4v) is 4.03. The van der Waals surface area contributed by atoms with E-state index in [1.807, 2.05) is 0 Å². The Kier molecular flexibility index (Phi) is 4.01. The third-order valence-corrected chi connectivity index (χ3v) is 4.77. The number of esters is 1. The summed E-state index contributed by atoms with van der Waals surface area (Å²) in [6.45, 7) is 5.22. The van der Waals surface area contributed by atoms with E-state index in [1.165, 1.54) is 24.9 Å². The maximum Gasteiger partial charge on any atom is 0.338 e. The number of carbonyl (C=O) groups is 1. The Bertz CT molecular complexity index is 832. The summed E-state index contributed by atoms with van der Waals surface area (Å²) in [5.41, 5.74) is -0.0719. The maximum absolute atomic E-state index is 12.7. The Hall–Kier alpha value is -1.93. The molecular formula is C14H19N3O4S. The first kappa shape index (κ1) is 16.4. The number of nitrogens with zero attached hydrogens (tertiary/aromatic N) is 2. The Morgan fingerprint density at radius 3 is 2.50 bits per heavy atom. The molecule has 1 N–H and O–H groups in total. The van der Waals surface area contributed by atoms with Crippen LogP contribution in [0.2, 0.25) is 0 Å². The Labute approximate surface area is 129 Å². The molecule has 1 heterocycles. The summed E-state index contributed by atoms with van der Waals surface area (Å²) in [7, 11) is -1.08. The summed E-state index contributed by atoms with van der Waals surface area (Å²) in [5.74, 6) is -0.606. The van der Waals surface area contributed by atoms with E-state index in [1.54, 1.807) is 32.9 Å². The quantitative estimate of drug-likeness (QED) is 0.862. The van der Waals surface area contributed by atoms with Crippen molar-refractivity contribution in [3.63, 3.8) is 0 Å². The van der Waals surface area contributed by atoms with E-state index < -0.39 is 21.5 Å². The van der Waals surface area contributed by atoms with Crippen LogP contribution in [-0.4, -0.2) is 36.8 Å². The molecule has 8 heteroatoms. The van der Waals surface area contributed by atoms with Crippen LogP contribution in [0.1, 0.15) is 31.1 Å². The predicted octanol–water partition coefficient (Wildman–Crippen LogP) is 1.44. The number of rotatable bonds is 3. The fraction of sp³-hybridized carbons (Fsp3) is 0.429. The number of carbonyl (C=O) groups excluding carboxylic acids is 1. The van der Waals surface area contributed by atoms with Crippen LogP contribution >= 0.6 is 0 Å². The van der Waals surface area contributed by atoms with E-state index in [9.17, 15) is 13.2 Å². The minimum atomic E-state index is -3.85. The predicted molar refractivity (Wildman–Crippen MR) is 82.1 cm³/mol. The van der Waals surface area contributed by atoms with Gasteiger partial charge in [-0.05, 0) is 32.9 Å². The van der Waals surface area contributed by atoms with E-state index in [4.69, 9.17) is 4.74 Å². The zero-order valence-corrected chi connectivity index (χ0v) is 14.0. The van der Waals surface area contributed by atoms with E-state index in [0.717, 1.165) is 0 Å². The van der Waals surface area contributed by atoms with Gasteiger partial charge in [0.2, 0.25) is 0 Å². The molecule has 0 fully saturated rings. The van der Waals surface area contributed by atoms with Crippen LogP contribution in [0.5, 0.6) is 0 Å². The molecule has 0 unspecified atom stereocenters. The van der Waals surface area contributed by atoms with E-state index >= 15 is 0 Å². The van der Waals surface area contributed by atoms with Crippen LogP contribution in [-0.2, 0) is 21.8 Å². The Morgan fingerprint density at radius 2 is 1.95 bits per heavy atom. The largest absolute Gasteiger partial charge is 0.465 e. The van der Waals surface area contributed by atoms with Crippen molar-refractivity contribution in [2.24, 2.45) is 7.05 Å². The molecule has 1 aromatic carbocycles. The van der Waals surface area contributed by atoms with Gasteiger partial charge in [-0.15, -0.1) is 0 Å². The number of benzene rings is 1. The summed E-state index contributed by atoms with van der Waals surface area (Å²) in [6, 6.07) is 4.80. The average molecular weight is 325 g/mol. The third-order valence-electron chi connectivity index (χ3n) is 2.91. The molecule has 1 aromatic heterocycles. The number of ether oxygens (including phenoxy) is 1. The first-order chi connectivity index (χ1) is 10.1. The van der Waals surface area contributed by atoms with Crippen molar-refractivity contribution in [3.8, 4) is 0 Å². The highest BCUT2D eigenvalue weighted by Gasteiger charge is 2.30. The monoisotopic (exact) mass is 325 g/mol. The van der Waals surface area contributed by atoms with E-state index in [-0.39, 0.29) is 16.0 Å². The molecule has 0 radical (unpaired) electrons. The molecule has 0 saturated carbocycles. The molecule has 0 amide bonds. The van der Waals surface area contributed by atoms with Crippen LogP contribution in [0.25, 0.3) is 10.9 Å². The number of fused-ring (bicyclic) bond motifs is 1. The smallest absolute Gasteiger partial charge is 0.338 e. The van der Waals surface area contributed by atoms with Crippen molar-refractivity contribution in [1.82, 2.24) is 14.5 Å². The second kappa shape index (κ2) is 5.36. The van der Waals surface area contributed by atoms with Gasteiger partial charge in [0, 0.05) is 12.6 Å². The van der Waals surface area contributed by atoms with Gasteiger partial charge in [0.1, 0.15) is 0 Å². The van der Waals surface area contributed by atoms with Gasteiger partial charge in [-0.2, -0.15) is 5.10 Å². The second-order valence-electron chi connectivity index (χ2n) is 5.98. The molecule has 2 aromatic rings. The molecule has 0 aliphatic rings. The number of hydrogen-bond donors (Lipinski definition) is 1. The Morgan fingerprint density at radius 1 is 1.32 bits per heavy atom. The third kappa shape index (κ3) is 2.97. The summed E-state index contributed by atoms with van der Waals surface area (Å²) in [5, 5.41) is 4.38. The minimum absolute atomic E-state index is 0.0570. The van der Waals surface area contributed by atoms with Crippen LogP contribution in [0.15, 0.2) is 23.2 Å². The lowest BCUT2D eigenvalue weighted by atomic mass is 10.1. The highest BCUT2D eigenvalue weighted by molar-refractivity contribution is 7.89. The molecule has 2 rings (SSSR count). The lowest BCUT2D eigenvalue weighted by molar-refractivity contribution is 0.0603. The number of aromatic nitrogens is 2. The van der Waals surface area contributed by atoms with Crippen molar-refractivity contribution < 1.29 is 17.9 Å². The van der Waals surface area contributed by atoms with Gasteiger partial charge >= 0.3 is 5.97 Å². The van der Waals surface area contributed by atoms with E-state index in [0.29, 0.717) is 5.52 Å². The van der Waals surface area contributed by atoms with Crippen LogP contribution in [0.4, 0.5) is 0 Å². The highest BCUT2D eigenvalue weighted by Crippen LogP contribution is 2.27. The van der Waals surface area contributed by atoms with Crippen LogP contribution in [0.3, 0.4) is 0 Å². The SMILES string of the molecule is COC(=O)c1cccc2nn(C)c(S(=O)(=O)NC(C)(C)C)c12. The molecule has 0 atom stereocenters. The summed E-state index contributed by atoms with van der Waals surface area (Å²) in [4.78, 5) is 11.9. The van der Waals surface area contributed by atoms with Gasteiger partial charge in [0.05, 0.1) is 23.6 Å². The molecule has 0 bridgehead atoms. The fourth-order valence-electron chi connectivity index (χ4n) is 2.26. The molecule has 0 spiro atoms. The van der Waals surface area contributed by atoms with Gasteiger partial charge in [-0.3, -0.25) is 4.68 Å². The lowest BCUT2D eigenvalue weighted by Crippen LogP contribution is -2.41. The summed E-state index contributed by atoms with van der Waals surface area (Å²) in [6.07, 6.45) is 0. The van der Waals surface area contributed by atoms with Gasteiger partial charge in [0.25, 0.3) is 10.0 Å². The molecule has 7 nitrogen and oxygen atoms in total. The van der Waals surface area contributed by atoms with Crippen molar-refractivity contribution in [1.29, 1.82) is 0 Å².